The number of nitrogens with one attached hydrogen (secondary N) is 1. The van der Waals surface area contributed by atoms with E-state index in [0.29, 0.717) is 0 Å². The van der Waals surface area contributed by atoms with E-state index in [9.17, 15) is 0 Å². The molecule has 2 rings (SSSR count). The summed E-state index contributed by atoms with van der Waals surface area (Å²) in [5.74, 6) is 2.84. The van der Waals surface area contributed by atoms with Gasteiger partial charge in [-0.2, -0.15) is 0 Å². The molecule has 1 N–H and O–H groups in total. The zero-order chi connectivity index (χ0) is 10.7. The molecule has 0 aliphatic rings. The molecule has 0 unspecified atom stereocenters. The van der Waals surface area contributed by atoms with Gasteiger partial charge in [0.15, 0.2) is 3.77 Å². The topological polar surface area (TPSA) is 38.3 Å². The summed E-state index contributed by atoms with van der Waals surface area (Å²) in [6.07, 6.45) is 0. The molecule has 4 heteroatoms. The Morgan fingerprint density at radius 1 is 1.07 bits per heavy atom. The molecule has 0 atom stereocenters. The summed E-state index contributed by atoms with van der Waals surface area (Å²) in [6, 6.07) is 7.87. The minimum Gasteiger partial charge on any atom is -0.465 e. The maximum atomic E-state index is 5.43. The number of aryl methyl sites for hydroxylation is 1. The van der Waals surface area contributed by atoms with Crippen LogP contribution in [0.15, 0.2) is 33.1 Å². The molecule has 0 spiro atoms. The third kappa shape index (κ3) is 3.10. The minimum atomic E-state index is 0.725. The Labute approximate surface area is 102 Å². The van der Waals surface area contributed by atoms with Gasteiger partial charge in [0.2, 0.25) is 0 Å². The van der Waals surface area contributed by atoms with Crippen LogP contribution in [-0.2, 0) is 13.1 Å². The molecule has 0 aliphatic heterocycles. The molecule has 0 saturated heterocycles. The second-order valence-corrected chi connectivity index (χ2v) is 4.38. The Bertz CT molecular complexity index is 393. The van der Waals surface area contributed by atoms with E-state index in [1.54, 1.807) is 0 Å². The van der Waals surface area contributed by atoms with Crippen molar-refractivity contribution in [3.8, 4) is 0 Å². The first kappa shape index (κ1) is 10.8. The lowest BCUT2D eigenvalue weighted by Gasteiger charge is -1.99. The van der Waals surface area contributed by atoms with Crippen LogP contribution in [0, 0.1) is 10.7 Å². The third-order valence-electron chi connectivity index (χ3n) is 2.02. The van der Waals surface area contributed by atoms with Gasteiger partial charge in [0.1, 0.15) is 17.3 Å². The Hall–Kier alpha value is -0.750. The zero-order valence-electron chi connectivity index (χ0n) is 8.42. The first-order valence-corrected chi connectivity index (χ1v) is 5.82. The average molecular weight is 317 g/mol. The first-order chi connectivity index (χ1) is 7.24. The first-order valence-electron chi connectivity index (χ1n) is 4.74. The Morgan fingerprint density at radius 2 is 1.73 bits per heavy atom. The van der Waals surface area contributed by atoms with E-state index in [1.165, 1.54) is 0 Å². The van der Waals surface area contributed by atoms with Crippen molar-refractivity contribution in [2.45, 2.75) is 20.0 Å². The molecule has 3 nitrogen and oxygen atoms in total. The molecule has 0 saturated carbocycles. The van der Waals surface area contributed by atoms with Crippen LogP contribution in [-0.4, -0.2) is 0 Å². The third-order valence-corrected chi connectivity index (χ3v) is 2.60. The van der Waals surface area contributed by atoms with Crippen molar-refractivity contribution in [1.82, 2.24) is 5.32 Å². The van der Waals surface area contributed by atoms with Crippen molar-refractivity contribution in [2.24, 2.45) is 0 Å². The highest BCUT2D eigenvalue weighted by Crippen LogP contribution is 2.10. The van der Waals surface area contributed by atoms with Gasteiger partial charge < -0.3 is 14.2 Å². The largest absolute Gasteiger partial charge is 0.465 e. The van der Waals surface area contributed by atoms with Gasteiger partial charge >= 0.3 is 0 Å². The summed E-state index contributed by atoms with van der Waals surface area (Å²) >= 11 is 2.15. The Balaban J connectivity index is 1.80. The van der Waals surface area contributed by atoms with Crippen LogP contribution >= 0.6 is 22.6 Å². The van der Waals surface area contributed by atoms with Crippen LogP contribution in [0.2, 0.25) is 0 Å². The van der Waals surface area contributed by atoms with E-state index >= 15 is 0 Å². The number of hydrogen-bond donors (Lipinski definition) is 1. The van der Waals surface area contributed by atoms with Gasteiger partial charge in [-0.25, -0.2) is 0 Å². The van der Waals surface area contributed by atoms with Crippen molar-refractivity contribution in [1.29, 1.82) is 0 Å². The molecule has 0 amide bonds. The lowest BCUT2D eigenvalue weighted by atomic mass is 10.4. The molecule has 2 aromatic heterocycles. The van der Waals surface area contributed by atoms with Gasteiger partial charge in [0.25, 0.3) is 0 Å². The molecule has 0 aromatic carbocycles. The maximum Gasteiger partial charge on any atom is 0.164 e. The molecular weight excluding hydrogens is 305 g/mol. The van der Waals surface area contributed by atoms with E-state index in [2.05, 4.69) is 27.9 Å². The van der Waals surface area contributed by atoms with Crippen LogP contribution in [0.4, 0.5) is 0 Å². The number of halogens is 1. The fraction of sp³-hybridized carbons (Fsp3) is 0.273. The van der Waals surface area contributed by atoms with E-state index in [0.717, 1.165) is 34.1 Å². The highest BCUT2D eigenvalue weighted by atomic mass is 127. The van der Waals surface area contributed by atoms with Gasteiger partial charge in [0, 0.05) is 0 Å². The van der Waals surface area contributed by atoms with Crippen molar-refractivity contribution in [3.05, 3.63) is 45.3 Å². The molecule has 15 heavy (non-hydrogen) atoms. The molecule has 0 bridgehead atoms. The van der Waals surface area contributed by atoms with Crippen LogP contribution < -0.4 is 5.32 Å². The normalized spacial score (nSPS) is 10.8. The van der Waals surface area contributed by atoms with Gasteiger partial charge in [-0.05, 0) is 53.8 Å². The molecule has 2 aromatic rings. The van der Waals surface area contributed by atoms with Crippen LogP contribution in [0.25, 0.3) is 0 Å². The maximum absolute atomic E-state index is 5.43. The Kier molecular flexibility index (Phi) is 3.48. The van der Waals surface area contributed by atoms with E-state index < -0.39 is 0 Å². The van der Waals surface area contributed by atoms with E-state index in [4.69, 9.17) is 8.83 Å². The van der Waals surface area contributed by atoms with Crippen LogP contribution in [0.5, 0.6) is 0 Å². The van der Waals surface area contributed by atoms with Crippen molar-refractivity contribution >= 4 is 22.6 Å². The summed E-state index contributed by atoms with van der Waals surface area (Å²) in [6.45, 7) is 3.40. The molecule has 80 valence electrons. The van der Waals surface area contributed by atoms with Gasteiger partial charge in [0.05, 0.1) is 13.1 Å². The predicted octanol–water partition coefficient (Wildman–Crippen LogP) is 3.08. The lowest BCUT2D eigenvalue weighted by Crippen LogP contribution is -2.11. The smallest absolute Gasteiger partial charge is 0.164 e. The minimum absolute atomic E-state index is 0.725. The van der Waals surface area contributed by atoms with Gasteiger partial charge in [-0.15, -0.1) is 0 Å². The SMILES string of the molecule is Cc1ccc(CNCc2ccc(I)o2)o1. The summed E-state index contributed by atoms with van der Waals surface area (Å²) < 4.78 is 11.8. The molecule has 0 aliphatic carbocycles. The van der Waals surface area contributed by atoms with Crippen molar-refractivity contribution < 1.29 is 8.83 Å². The lowest BCUT2D eigenvalue weighted by molar-refractivity contribution is 0.433. The fourth-order valence-corrected chi connectivity index (χ4v) is 1.80. The van der Waals surface area contributed by atoms with Gasteiger partial charge in [-0.3, -0.25) is 0 Å². The van der Waals surface area contributed by atoms with Crippen molar-refractivity contribution in [3.63, 3.8) is 0 Å². The quantitative estimate of drug-likeness (QED) is 0.881. The number of hydrogen-bond acceptors (Lipinski definition) is 3. The highest BCUT2D eigenvalue weighted by molar-refractivity contribution is 14.1. The second-order valence-electron chi connectivity index (χ2n) is 3.32. The summed E-state index contributed by atoms with van der Waals surface area (Å²) in [7, 11) is 0. The fourth-order valence-electron chi connectivity index (χ4n) is 1.34. The molecular formula is C11H12INO2. The number of furan rings is 2. The summed E-state index contributed by atoms with van der Waals surface area (Å²) in [5.41, 5.74) is 0. The molecule has 0 fully saturated rings. The monoisotopic (exact) mass is 317 g/mol. The Morgan fingerprint density at radius 3 is 2.27 bits per heavy atom. The highest BCUT2D eigenvalue weighted by Gasteiger charge is 2.00. The van der Waals surface area contributed by atoms with E-state index in [-0.39, 0.29) is 0 Å². The van der Waals surface area contributed by atoms with Gasteiger partial charge in [-0.1, -0.05) is 0 Å². The van der Waals surface area contributed by atoms with E-state index in [1.807, 2.05) is 31.2 Å². The number of rotatable bonds is 4. The summed E-state index contributed by atoms with van der Waals surface area (Å²) in [4.78, 5) is 0. The summed E-state index contributed by atoms with van der Waals surface area (Å²) in [5, 5.41) is 3.25. The average Bonchev–Trinajstić information content (AvgIpc) is 2.76. The van der Waals surface area contributed by atoms with Crippen LogP contribution in [0.3, 0.4) is 0 Å². The van der Waals surface area contributed by atoms with Crippen LogP contribution in [0.1, 0.15) is 17.3 Å². The second kappa shape index (κ2) is 4.85. The molecule has 0 radical (unpaired) electrons. The zero-order valence-corrected chi connectivity index (χ0v) is 10.6. The van der Waals surface area contributed by atoms with Crippen molar-refractivity contribution in [2.75, 3.05) is 0 Å². The molecule has 2 heterocycles. The predicted molar refractivity (Wildman–Crippen MR) is 65.4 cm³/mol. The standard InChI is InChI=1S/C11H12INO2/c1-8-2-3-9(14-8)6-13-7-10-4-5-11(12)15-10/h2-5,13H,6-7H2,1H3.